The number of hydrogen-bond donors (Lipinski definition) is 1. The zero-order chi connectivity index (χ0) is 14.2. The maximum Gasteiger partial charge on any atom is 0.195 e. The molecule has 4 nitrogen and oxygen atoms in total. The van der Waals surface area contributed by atoms with Gasteiger partial charge >= 0.3 is 0 Å². The van der Waals surface area contributed by atoms with Crippen LogP contribution in [0.4, 0.5) is 0 Å². The topological polar surface area (TPSA) is 46.8 Å². The second-order valence-electron chi connectivity index (χ2n) is 5.41. The molecule has 2 aromatic heterocycles. The number of benzene rings is 1. The van der Waals surface area contributed by atoms with Crippen LogP contribution in [0.2, 0.25) is 0 Å². The summed E-state index contributed by atoms with van der Waals surface area (Å²) in [6.07, 6.45) is 2.81. The van der Waals surface area contributed by atoms with Crippen LogP contribution in [-0.4, -0.2) is 14.8 Å². The number of nitrogens with one attached hydrogen (secondary N) is 1. The largest absolute Gasteiger partial charge is 0.467 e. The Hall–Kier alpha value is -2.14. The molecule has 2 heterocycles. The predicted octanol–water partition coefficient (Wildman–Crippen LogP) is 3.85. The fourth-order valence-electron chi connectivity index (χ4n) is 2.87. The summed E-state index contributed by atoms with van der Waals surface area (Å²) in [6, 6.07) is 14.4. The summed E-state index contributed by atoms with van der Waals surface area (Å²) in [7, 11) is 0. The van der Waals surface area contributed by atoms with Gasteiger partial charge in [0.05, 0.1) is 12.8 Å². The third kappa shape index (κ3) is 2.34. The Labute approximate surface area is 127 Å². The Morgan fingerprint density at radius 2 is 2.05 bits per heavy atom. The molecule has 0 spiro atoms. The van der Waals surface area contributed by atoms with Crippen molar-refractivity contribution in [2.45, 2.75) is 24.8 Å². The number of aromatic amines is 1. The molecule has 106 valence electrons. The minimum Gasteiger partial charge on any atom is -0.467 e. The molecule has 0 unspecified atom stereocenters. The summed E-state index contributed by atoms with van der Waals surface area (Å²) in [5, 5.41) is 7.36. The first-order valence-corrected chi connectivity index (χ1v) is 7.46. The van der Waals surface area contributed by atoms with Crippen molar-refractivity contribution >= 4 is 12.2 Å². The molecule has 21 heavy (non-hydrogen) atoms. The van der Waals surface area contributed by atoms with Gasteiger partial charge in [-0.25, -0.2) is 0 Å². The van der Waals surface area contributed by atoms with Crippen molar-refractivity contribution in [1.82, 2.24) is 14.8 Å². The van der Waals surface area contributed by atoms with E-state index in [1.54, 1.807) is 6.26 Å². The van der Waals surface area contributed by atoms with E-state index in [-0.39, 0.29) is 0 Å². The summed E-state index contributed by atoms with van der Waals surface area (Å²) in [5.74, 6) is 2.91. The molecule has 1 aromatic carbocycles. The van der Waals surface area contributed by atoms with Gasteiger partial charge < -0.3 is 4.42 Å². The fourth-order valence-corrected chi connectivity index (χ4v) is 3.08. The Bertz CT molecular complexity index is 789. The van der Waals surface area contributed by atoms with E-state index in [9.17, 15) is 0 Å². The van der Waals surface area contributed by atoms with Crippen LogP contribution in [0.1, 0.15) is 35.4 Å². The van der Waals surface area contributed by atoms with Crippen LogP contribution in [0.15, 0.2) is 53.1 Å². The molecule has 3 aromatic rings. The molecule has 0 radical (unpaired) electrons. The molecule has 1 N–H and O–H groups in total. The third-order valence-corrected chi connectivity index (χ3v) is 4.34. The van der Waals surface area contributed by atoms with E-state index in [0.29, 0.717) is 23.2 Å². The van der Waals surface area contributed by atoms with Gasteiger partial charge in [0.25, 0.3) is 0 Å². The van der Waals surface area contributed by atoms with Gasteiger partial charge in [-0.05, 0) is 42.3 Å². The summed E-state index contributed by atoms with van der Waals surface area (Å²) in [6.45, 7) is 0.635. The lowest BCUT2D eigenvalue weighted by Crippen LogP contribution is -2.04. The van der Waals surface area contributed by atoms with Crippen LogP contribution in [0, 0.1) is 4.77 Å². The van der Waals surface area contributed by atoms with Gasteiger partial charge in [-0.15, -0.1) is 0 Å². The Balaban J connectivity index is 1.61. The summed E-state index contributed by atoms with van der Waals surface area (Å²) in [4.78, 5) is 0. The molecule has 0 aliphatic heterocycles. The van der Waals surface area contributed by atoms with Crippen LogP contribution in [0.25, 0.3) is 0 Å². The standard InChI is InChI=1S/C16H15N3OS/c21-16-18-17-15(19(16)10-12-7-4-8-20-12)14-9-13(14)11-5-2-1-3-6-11/h1-8,13-14H,9-10H2,(H,18,21)/t13-,14+/m0/s1. The SMILES string of the molecule is S=c1[nH]nc([C@@H]2C[C@H]2c2ccccc2)n1Cc1ccco1. The molecule has 0 saturated heterocycles. The molecular formula is C16H15N3OS. The molecule has 1 fully saturated rings. The highest BCUT2D eigenvalue weighted by atomic mass is 32.1. The third-order valence-electron chi connectivity index (χ3n) is 4.03. The summed E-state index contributed by atoms with van der Waals surface area (Å²) < 4.78 is 8.12. The Morgan fingerprint density at radius 3 is 2.81 bits per heavy atom. The van der Waals surface area contributed by atoms with Gasteiger partial charge in [-0.3, -0.25) is 9.67 Å². The van der Waals surface area contributed by atoms with Crippen LogP contribution in [0.5, 0.6) is 0 Å². The van der Waals surface area contributed by atoms with Crippen molar-refractivity contribution in [3.8, 4) is 0 Å². The first-order chi connectivity index (χ1) is 10.3. The smallest absolute Gasteiger partial charge is 0.195 e. The highest BCUT2D eigenvalue weighted by molar-refractivity contribution is 7.71. The number of furan rings is 1. The lowest BCUT2D eigenvalue weighted by atomic mass is 10.1. The van der Waals surface area contributed by atoms with E-state index >= 15 is 0 Å². The average Bonchev–Trinajstić information content (AvgIpc) is 2.97. The van der Waals surface area contributed by atoms with Crippen LogP contribution < -0.4 is 0 Å². The molecule has 0 amide bonds. The summed E-state index contributed by atoms with van der Waals surface area (Å²) in [5.41, 5.74) is 1.38. The van der Waals surface area contributed by atoms with E-state index in [0.717, 1.165) is 18.0 Å². The monoisotopic (exact) mass is 297 g/mol. The lowest BCUT2D eigenvalue weighted by molar-refractivity contribution is 0.487. The van der Waals surface area contributed by atoms with E-state index in [4.69, 9.17) is 16.6 Å². The maximum atomic E-state index is 5.42. The molecule has 2 atom stereocenters. The van der Waals surface area contributed by atoms with Gasteiger partial charge in [0.2, 0.25) is 0 Å². The number of aromatic nitrogens is 3. The van der Waals surface area contributed by atoms with Crippen molar-refractivity contribution < 1.29 is 4.42 Å². The highest BCUT2D eigenvalue weighted by Gasteiger charge is 2.42. The van der Waals surface area contributed by atoms with Crippen molar-refractivity contribution in [2.24, 2.45) is 0 Å². The molecule has 1 aliphatic carbocycles. The quantitative estimate of drug-likeness (QED) is 0.744. The average molecular weight is 297 g/mol. The zero-order valence-electron chi connectivity index (χ0n) is 11.4. The molecule has 1 saturated carbocycles. The number of rotatable bonds is 4. The first-order valence-electron chi connectivity index (χ1n) is 7.05. The van der Waals surface area contributed by atoms with Crippen LogP contribution >= 0.6 is 12.2 Å². The molecule has 4 rings (SSSR count). The van der Waals surface area contributed by atoms with Crippen molar-refractivity contribution in [3.63, 3.8) is 0 Å². The van der Waals surface area contributed by atoms with Crippen LogP contribution in [-0.2, 0) is 6.54 Å². The summed E-state index contributed by atoms with van der Waals surface area (Å²) >= 11 is 5.35. The predicted molar refractivity (Wildman–Crippen MR) is 81.8 cm³/mol. The molecule has 1 aliphatic rings. The number of H-pyrrole nitrogens is 1. The minimum absolute atomic E-state index is 0.440. The molecule has 5 heteroatoms. The zero-order valence-corrected chi connectivity index (χ0v) is 12.2. The lowest BCUT2D eigenvalue weighted by Gasteiger charge is -2.05. The van der Waals surface area contributed by atoms with Gasteiger partial charge in [0.1, 0.15) is 11.6 Å². The van der Waals surface area contributed by atoms with Gasteiger partial charge in [-0.2, -0.15) is 5.10 Å². The van der Waals surface area contributed by atoms with Gasteiger partial charge in [-0.1, -0.05) is 30.3 Å². The van der Waals surface area contributed by atoms with Gasteiger partial charge in [0.15, 0.2) is 4.77 Å². The van der Waals surface area contributed by atoms with Crippen molar-refractivity contribution in [1.29, 1.82) is 0 Å². The molecule has 0 bridgehead atoms. The van der Waals surface area contributed by atoms with Crippen molar-refractivity contribution in [3.05, 3.63) is 70.6 Å². The van der Waals surface area contributed by atoms with E-state index in [1.165, 1.54) is 5.56 Å². The highest BCUT2D eigenvalue weighted by Crippen LogP contribution is 2.53. The number of nitrogens with zero attached hydrogens (tertiary/aromatic N) is 2. The Morgan fingerprint density at radius 1 is 1.19 bits per heavy atom. The minimum atomic E-state index is 0.440. The van der Waals surface area contributed by atoms with Gasteiger partial charge in [0, 0.05) is 5.92 Å². The van der Waals surface area contributed by atoms with E-state index < -0.39 is 0 Å². The van der Waals surface area contributed by atoms with Crippen LogP contribution in [0.3, 0.4) is 0 Å². The van der Waals surface area contributed by atoms with E-state index in [1.807, 2.05) is 22.8 Å². The fraction of sp³-hybridized carbons (Fsp3) is 0.250. The first kappa shape index (κ1) is 12.6. The van der Waals surface area contributed by atoms with Crippen molar-refractivity contribution in [2.75, 3.05) is 0 Å². The maximum absolute atomic E-state index is 5.42. The molecular weight excluding hydrogens is 282 g/mol. The normalized spacial score (nSPS) is 20.6. The second-order valence-corrected chi connectivity index (χ2v) is 5.80. The second kappa shape index (κ2) is 5.00. The van der Waals surface area contributed by atoms with E-state index in [2.05, 4.69) is 34.5 Å². The Kier molecular flexibility index (Phi) is 3.00. The number of hydrogen-bond acceptors (Lipinski definition) is 3.